The fraction of sp³-hybridized carbons (Fsp3) is 0.500. The molecule has 1 saturated heterocycles. The molecule has 0 spiro atoms. The molecule has 2 unspecified atom stereocenters. The van der Waals surface area contributed by atoms with Crippen molar-refractivity contribution in [2.45, 2.75) is 24.8 Å². The summed E-state index contributed by atoms with van der Waals surface area (Å²) < 4.78 is 5.44. The summed E-state index contributed by atoms with van der Waals surface area (Å²) >= 11 is 0. The SMILES string of the molecule is NC1CCOCCC1c1ccccc1. The normalized spacial score (nSPS) is 28.4. The van der Waals surface area contributed by atoms with Crippen molar-refractivity contribution in [3.8, 4) is 0 Å². The standard InChI is InChI=1S/C12H17NO/c13-12-7-9-14-8-6-11(12)10-4-2-1-3-5-10/h1-5,11-12H,6-9,13H2. The molecule has 2 nitrogen and oxygen atoms in total. The number of ether oxygens (including phenoxy) is 1. The summed E-state index contributed by atoms with van der Waals surface area (Å²) in [6.07, 6.45) is 2.02. The lowest BCUT2D eigenvalue weighted by molar-refractivity contribution is 0.143. The molecule has 1 aromatic carbocycles. The van der Waals surface area contributed by atoms with E-state index in [0.717, 1.165) is 26.1 Å². The molecule has 1 aliphatic heterocycles. The number of benzene rings is 1. The highest BCUT2D eigenvalue weighted by Crippen LogP contribution is 2.26. The maximum Gasteiger partial charge on any atom is 0.0481 e. The second kappa shape index (κ2) is 4.58. The van der Waals surface area contributed by atoms with Gasteiger partial charge in [0.2, 0.25) is 0 Å². The highest BCUT2D eigenvalue weighted by molar-refractivity contribution is 5.21. The minimum absolute atomic E-state index is 0.250. The summed E-state index contributed by atoms with van der Waals surface area (Å²) in [6.45, 7) is 1.65. The average molecular weight is 191 g/mol. The van der Waals surface area contributed by atoms with Crippen LogP contribution < -0.4 is 5.73 Å². The molecule has 1 aromatic rings. The van der Waals surface area contributed by atoms with Gasteiger partial charge in [0, 0.05) is 25.2 Å². The Bertz CT molecular complexity index is 273. The molecule has 0 amide bonds. The summed E-state index contributed by atoms with van der Waals surface area (Å²) in [5.41, 5.74) is 7.48. The van der Waals surface area contributed by atoms with Gasteiger partial charge in [0.25, 0.3) is 0 Å². The lowest BCUT2D eigenvalue weighted by Crippen LogP contribution is -2.28. The maximum absolute atomic E-state index is 6.13. The molecule has 2 atom stereocenters. The largest absolute Gasteiger partial charge is 0.381 e. The van der Waals surface area contributed by atoms with Gasteiger partial charge in [0.05, 0.1) is 0 Å². The van der Waals surface area contributed by atoms with Crippen molar-refractivity contribution >= 4 is 0 Å². The van der Waals surface area contributed by atoms with Crippen molar-refractivity contribution in [2.75, 3.05) is 13.2 Å². The Labute approximate surface area is 85.1 Å². The number of nitrogens with two attached hydrogens (primary N) is 1. The molecule has 2 heteroatoms. The van der Waals surface area contributed by atoms with Gasteiger partial charge >= 0.3 is 0 Å². The van der Waals surface area contributed by atoms with Gasteiger partial charge in [0.15, 0.2) is 0 Å². The molecule has 2 rings (SSSR count). The lowest BCUT2D eigenvalue weighted by Gasteiger charge is -2.20. The summed E-state index contributed by atoms with van der Waals surface area (Å²) in [4.78, 5) is 0. The highest BCUT2D eigenvalue weighted by Gasteiger charge is 2.21. The quantitative estimate of drug-likeness (QED) is 0.736. The Balaban J connectivity index is 2.15. The van der Waals surface area contributed by atoms with Gasteiger partial charge in [-0.2, -0.15) is 0 Å². The van der Waals surface area contributed by atoms with Crippen LogP contribution in [0.2, 0.25) is 0 Å². The molecule has 1 fully saturated rings. The Morgan fingerprint density at radius 1 is 1.07 bits per heavy atom. The van der Waals surface area contributed by atoms with Crippen LogP contribution in [0.3, 0.4) is 0 Å². The first-order valence-electron chi connectivity index (χ1n) is 5.26. The molecule has 1 aliphatic rings. The van der Waals surface area contributed by atoms with E-state index in [0.29, 0.717) is 5.92 Å². The third-order valence-electron chi connectivity index (χ3n) is 2.91. The number of rotatable bonds is 1. The zero-order valence-electron chi connectivity index (χ0n) is 8.36. The summed E-state index contributed by atoms with van der Waals surface area (Å²) in [5.74, 6) is 0.471. The van der Waals surface area contributed by atoms with Crippen molar-refractivity contribution in [3.05, 3.63) is 35.9 Å². The predicted molar refractivity (Wildman–Crippen MR) is 57.2 cm³/mol. The van der Waals surface area contributed by atoms with Crippen LogP contribution in [0.5, 0.6) is 0 Å². The van der Waals surface area contributed by atoms with Crippen LogP contribution in [-0.2, 0) is 4.74 Å². The minimum atomic E-state index is 0.250. The second-order valence-electron chi connectivity index (χ2n) is 3.87. The second-order valence-corrected chi connectivity index (χ2v) is 3.87. The average Bonchev–Trinajstić information content (AvgIpc) is 2.44. The monoisotopic (exact) mass is 191 g/mol. The fourth-order valence-corrected chi connectivity index (χ4v) is 2.06. The van der Waals surface area contributed by atoms with Crippen LogP contribution in [0.25, 0.3) is 0 Å². The van der Waals surface area contributed by atoms with Crippen molar-refractivity contribution in [1.82, 2.24) is 0 Å². The smallest absolute Gasteiger partial charge is 0.0481 e. The topological polar surface area (TPSA) is 35.2 Å². The van der Waals surface area contributed by atoms with Crippen LogP contribution in [0.4, 0.5) is 0 Å². The first-order chi connectivity index (χ1) is 6.88. The molecule has 0 aromatic heterocycles. The van der Waals surface area contributed by atoms with Crippen molar-refractivity contribution in [3.63, 3.8) is 0 Å². The van der Waals surface area contributed by atoms with E-state index in [1.165, 1.54) is 5.56 Å². The van der Waals surface area contributed by atoms with Crippen LogP contribution in [0.15, 0.2) is 30.3 Å². The van der Waals surface area contributed by atoms with Gasteiger partial charge in [-0.1, -0.05) is 30.3 Å². The molecule has 0 saturated carbocycles. The zero-order valence-corrected chi connectivity index (χ0v) is 8.36. The summed E-state index contributed by atoms with van der Waals surface area (Å²) in [7, 11) is 0. The van der Waals surface area contributed by atoms with E-state index in [9.17, 15) is 0 Å². The van der Waals surface area contributed by atoms with Crippen LogP contribution in [-0.4, -0.2) is 19.3 Å². The molecule has 0 aliphatic carbocycles. The minimum Gasteiger partial charge on any atom is -0.381 e. The molecule has 2 N–H and O–H groups in total. The molecule has 0 radical (unpaired) electrons. The number of hydrogen-bond acceptors (Lipinski definition) is 2. The van der Waals surface area contributed by atoms with Gasteiger partial charge in [-0.05, 0) is 18.4 Å². The van der Waals surface area contributed by atoms with E-state index < -0.39 is 0 Å². The first kappa shape index (κ1) is 9.69. The molecule has 1 heterocycles. The molecular weight excluding hydrogens is 174 g/mol. The van der Waals surface area contributed by atoms with Crippen LogP contribution >= 0.6 is 0 Å². The van der Waals surface area contributed by atoms with E-state index in [1.807, 2.05) is 6.07 Å². The predicted octanol–water partition coefficient (Wildman–Crippen LogP) is 1.91. The summed E-state index contributed by atoms with van der Waals surface area (Å²) in [5, 5.41) is 0. The summed E-state index contributed by atoms with van der Waals surface area (Å²) in [6, 6.07) is 10.8. The Morgan fingerprint density at radius 3 is 2.57 bits per heavy atom. The van der Waals surface area contributed by atoms with E-state index in [1.54, 1.807) is 0 Å². The van der Waals surface area contributed by atoms with E-state index in [4.69, 9.17) is 10.5 Å². The molecular formula is C12H17NO. The van der Waals surface area contributed by atoms with Gasteiger partial charge in [-0.15, -0.1) is 0 Å². The van der Waals surface area contributed by atoms with Gasteiger partial charge in [-0.3, -0.25) is 0 Å². The Morgan fingerprint density at radius 2 is 1.79 bits per heavy atom. The van der Waals surface area contributed by atoms with E-state index in [2.05, 4.69) is 24.3 Å². The molecule has 0 bridgehead atoms. The van der Waals surface area contributed by atoms with E-state index in [-0.39, 0.29) is 6.04 Å². The Kier molecular flexibility index (Phi) is 3.17. The van der Waals surface area contributed by atoms with E-state index >= 15 is 0 Å². The zero-order chi connectivity index (χ0) is 9.80. The van der Waals surface area contributed by atoms with Gasteiger partial charge < -0.3 is 10.5 Å². The first-order valence-corrected chi connectivity index (χ1v) is 5.26. The van der Waals surface area contributed by atoms with Crippen molar-refractivity contribution in [1.29, 1.82) is 0 Å². The van der Waals surface area contributed by atoms with Crippen LogP contribution in [0.1, 0.15) is 24.3 Å². The highest BCUT2D eigenvalue weighted by atomic mass is 16.5. The maximum atomic E-state index is 6.13. The molecule has 76 valence electrons. The third kappa shape index (κ3) is 2.14. The molecule has 14 heavy (non-hydrogen) atoms. The Hall–Kier alpha value is -0.860. The number of hydrogen-bond donors (Lipinski definition) is 1. The van der Waals surface area contributed by atoms with Crippen LogP contribution in [0, 0.1) is 0 Å². The van der Waals surface area contributed by atoms with Gasteiger partial charge in [-0.25, -0.2) is 0 Å². The lowest BCUT2D eigenvalue weighted by atomic mass is 9.88. The fourth-order valence-electron chi connectivity index (χ4n) is 2.06. The van der Waals surface area contributed by atoms with Crippen molar-refractivity contribution < 1.29 is 4.74 Å². The van der Waals surface area contributed by atoms with Crippen molar-refractivity contribution in [2.24, 2.45) is 5.73 Å². The van der Waals surface area contributed by atoms with Gasteiger partial charge in [0.1, 0.15) is 0 Å². The third-order valence-corrected chi connectivity index (χ3v) is 2.91.